The maximum absolute atomic E-state index is 9.81. The molecule has 104 valence electrons. The molecule has 0 aliphatic heterocycles. The van der Waals surface area contributed by atoms with Crippen molar-refractivity contribution < 1.29 is 4.79 Å². The van der Waals surface area contributed by atoms with E-state index in [0.29, 0.717) is 11.4 Å². The number of para-hydroxylation sites is 1. The number of hydrogen-bond acceptors (Lipinski definition) is 1. The normalized spacial score (nSPS) is 8.42. The number of benzene rings is 1. The third-order valence-electron chi connectivity index (χ3n) is 1.11. The van der Waals surface area contributed by atoms with Gasteiger partial charge in [0.1, 0.15) is 0 Å². The summed E-state index contributed by atoms with van der Waals surface area (Å²) in [5.41, 5.74) is 8.01. The van der Waals surface area contributed by atoms with Gasteiger partial charge in [0, 0.05) is 0 Å². The molecule has 0 atom stereocenters. The first-order valence-corrected chi connectivity index (χ1v) is 5.78. The molecule has 0 saturated carbocycles. The van der Waals surface area contributed by atoms with Crippen LogP contribution in [0.4, 0.5) is 11.4 Å². The Bertz CT molecular complexity index is 303. The van der Waals surface area contributed by atoms with Crippen LogP contribution in [-0.2, 0) is 4.79 Å². The molecule has 0 aliphatic carbocycles. The SMILES string of the molecule is C[C-](C)C.C[C-](C)C.[Ca+2].[NH-]c1ccccc1N[C-]=O. The predicted octanol–water partition coefficient (Wildman–Crippen LogP) is 4.71. The Labute approximate surface area is 148 Å². The van der Waals surface area contributed by atoms with Crippen LogP contribution in [0.25, 0.3) is 5.73 Å². The molecule has 2 N–H and O–H groups in total. The summed E-state index contributed by atoms with van der Waals surface area (Å²) in [7, 11) is 0. The van der Waals surface area contributed by atoms with Gasteiger partial charge in [-0.25, -0.2) is 5.69 Å². The van der Waals surface area contributed by atoms with E-state index in [0.717, 1.165) is 0 Å². The topological polar surface area (TPSA) is 52.9 Å². The van der Waals surface area contributed by atoms with E-state index in [1.165, 1.54) is 18.2 Å². The zero-order valence-electron chi connectivity index (χ0n) is 12.9. The Morgan fingerprint density at radius 2 is 1.37 bits per heavy atom. The van der Waals surface area contributed by atoms with Gasteiger partial charge in [-0.2, -0.15) is 41.5 Å². The van der Waals surface area contributed by atoms with Gasteiger partial charge in [0.15, 0.2) is 0 Å². The van der Waals surface area contributed by atoms with Crippen LogP contribution in [0.3, 0.4) is 0 Å². The van der Waals surface area contributed by atoms with Crippen LogP contribution >= 0.6 is 0 Å². The average Bonchev–Trinajstić information content (AvgIpc) is 2.20. The summed E-state index contributed by atoms with van der Waals surface area (Å²) < 4.78 is 0. The summed E-state index contributed by atoms with van der Waals surface area (Å²) in [6.45, 7) is 12.5. The molecule has 0 aliphatic rings. The monoisotopic (exact) mass is 288 g/mol. The summed E-state index contributed by atoms with van der Waals surface area (Å²) in [4.78, 5) is 9.81. The number of anilines is 1. The smallest absolute Gasteiger partial charge is 0.713 e. The zero-order chi connectivity index (χ0) is 14.6. The van der Waals surface area contributed by atoms with E-state index in [4.69, 9.17) is 5.73 Å². The van der Waals surface area contributed by atoms with E-state index in [1.54, 1.807) is 24.3 Å². The standard InChI is InChI=1S/C7H6N2O.2C4H9.Ca/c8-6-3-1-2-4-7(6)9-5-10;2*1-4(2)3;/h1-4,8H,(H,9,10);2*1-3H3;/q-2;2*-1;+2. The largest absolute Gasteiger partial charge is 2.00 e. The molecule has 1 amide bonds. The van der Waals surface area contributed by atoms with Crippen LogP contribution in [0, 0.1) is 11.8 Å². The van der Waals surface area contributed by atoms with Crippen molar-refractivity contribution in [3.05, 3.63) is 41.8 Å². The molecule has 0 heterocycles. The van der Waals surface area contributed by atoms with Crippen molar-refractivity contribution in [2.24, 2.45) is 0 Å². The first kappa shape index (κ1) is 23.8. The molecular formula is C15H24CaN2O-2. The maximum Gasteiger partial charge on any atom is 2.00 e. The van der Waals surface area contributed by atoms with E-state index >= 15 is 0 Å². The van der Waals surface area contributed by atoms with Crippen LogP contribution in [0.1, 0.15) is 41.5 Å². The number of carbonyl (C=O) groups excluding carboxylic acids is 1. The van der Waals surface area contributed by atoms with Crippen molar-refractivity contribution in [3.63, 3.8) is 0 Å². The zero-order valence-corrected chi connectivity index (χ0v) is 15.1. The second-order valence-electron chi connectivity index (χ2n) is 4.77. The minimum atomic E-state index is 0. The molecule has 4 heteroatoms. The quantitative estimate of drug-likeness (QED) is 0.478. The van der Waals surface area contributed by atoms with E-state index in [-0.39, 0.29) is 37.7 Å². The summed E-state index contributed by atoms with van der Waals surface area (Å²) in [6.07, 6.45) is 1.50. The van der Waals surface area contributed by atoms with Crippen molar-refractivity contribution in [2.75, 3.05) is 5.32 Å². The summed E-state index contributed by atoms with van der Waals surface area (Å²) >= 11 is 0. The minimum absolute atomic E-state index is 0. The van der Waals surface area contributed by atoms with Gasteiger partial charge >= 0.3 is 37.7 Å². The molecule has 19 heavy (non-hydrogen) atoms. The molecule has 0 spiro atoms. The van der Waals surface area contributed by atoms with Gasteiger partial charge in [0.2, 0.25) is 0 Å². The van der Waals surface area contributed by atoms with Gasteiger partial charge in [-0.05, 0) is 0 Å². The molecule has 1 aromatic carbocycles. The predicted molar refractivity (Wildman–Crippen MR) is 86.0 cm³/mol. The van der Waals surface area contributed by atoms with Crippen molar-refractivity contribution in [3.8, 4) is 0 Å². The van der Waals surface area contributed by atoms with Crippen LogP contribution in [0.2, 0.25) is 0 Å². The first-order valence-electron chi connectivity index (χ1n) is 5.78. The Balaban J connectivity index is -0.000000242. The van der Waals surface area contributed by atoms with E-state index < -0.39 is 0 Å². The molecule has 0 aromatic heterocycles. The van der Waals surface area contributed by atoms with E-state index in [1.807, 2.05) is 0 Å². The van der Waals surface area contributed by atoms with Crippen molar-refractivity contribution in [1.82, 2.24) is 0 Å². The van der Waals surface area contributed by atoms with Gasteiger partial charge in [0.25, 0.3) is 0 Å². The minimum Gasteiger partial charge on any atom is -0.713 e. The van der Waals surface area contributed by atoms with Crippen molar-refractivity contribution in [1.29, 1.82) is 0 Å². The Morgan fingerprint density at radius 1 is 1.00 bits per heavy atom. The molecule has 0 radical (unpaired) electrons. The third kappa shape index (κ3) is 23.3. The number of rotatable bonds is 2. The fraction of sp³-hybridized carbons (Fsp3) is 0.400. The van der Waals surface area contributed by atoms with Crippen molar-refractivity contribution in [2.45, 2.75) is 41.5 Å². The van der Waals surface area contributed by atoms with Crippen LogP contribution in [0.15, 0.2) is 24.3 Å². The third-order valence-corrected chi connectivity index (χ3v) is 1.11. The Hall–Kier alpha value is -0.250. The molecule has 0 saturated heterocycles. The Kier molecular flexibility index (Phi) is 19.8. The van der Waals surface area contributed by atoms with E-state index in [9.17, 15) is 4.79 Å². The van der Waals surface area contributed by atoms with Gasteiger partial charge in [-0.3, -0.25) is 0 Å². The van der Waals surface area contributed by atoms with Crippen molar-refractivity contribution >= 4 is 55.5 Å². The number of hydrogen-bond donors (Lipinski definition) is 1. The Morgan fingerprint density at radius 3 is 1.68 bits per heavy atom. The van der Waals surface area contributed by atoms with Gasteiger partial charge in [-0.15, -0.1) is 11.8 Å². The van der Waals surface area contributed by atoms with E-state index in [2.05, 4.69) is 46.9 Å². The summed E-state index contributed by atoms with van der Waals surface area (Å²) in [5.74, 6) is 2.83. The molecule has 1 aromatic rings. The van der Waals surface area contributed by atoms with Gasteiger partial charge < -0.3 is 27.7 Å². The van der Waals surface area contributed by atoms with Crippen LogP contribution in [-0.4, -0.2) is 44.1 Å². The molecule has 0 fully saturated rings. The molecule has 0 bridgehead atoms. The molecular weight excluding hydrogens is 264 g/mol. The molecule has 1 rings (SSSR count). The summed E-state index contributed by atoms with van der Waals surface area (Å²) in [6, 6.07) is 6.73. The second kappa shape index (κ2) is 15.8. The van der Waals surface area contributed by atoms with Gasteiger partial charge in [-0.1, -0.05) is 18.2 Å². The first-order chi connectivity index (χ1) is 8.31. The number of nitrogens with one attached hydrogen (secondary N) is 2. The van der Waals surface area contributed by atoms with Crippen LogP contribution < -0.4 is 5.32 Å². The fourth-order valence-electron chi connectivity index (χ4n) is 0.647. The van der Waals surface area contributed by atoms with Gasteiger partial charge in [0.05, 0.1) is 6.41 Å². The van der Waals surface area contributed by atoms with Crippen LogP contribution in [0.5, 0.6) is 0 Å². The molecule has 3 nitrogen and oxygen atoms in total. The molecule has 0 unspecified atom stereocenters. The fourth-order valence-corrected chi connectivity index (χ4v) is 0.647. The number of amides is 1. The second-order valence-corrected chi connectivity index (χ2v) is 4.77. The average molecular weight is 288 g/mol. The summed E-state index contributed by atoms with van der Waals surface area (Å²) in [5, 5.41) is 2.28. The maximum atomic E-state index is 9.81.